The van der Waals surface area contributed by atoms with Gasteiger partial charge in [0.05, 0.1) is 25.8 Å². The predicted octanol–water partition coefficient (Wildman–Crippen LogP) is 3.11. The zero-order chi connectivity index (χ0) is 17.8. The molecule has 6 nitrogen and oxygen atoms in total. The van der Waals surface area contributed by atoms with Crippen molar-refractivity contribution in [2.24, 2.45) is 0 Å². The quantitative estimate of drug-likeness (QED) is 0.719. The first-order valence-corrected chi connectivity index (χ1v) is 8.03. The second kappa shape index (κ2) is 7.36. The van der Waals surface area contributed by atoms with Crippen LogP contribution in [0.4, 0.5) is 5.82 Å². The normalized spacial score (nSPS) is 12.0. The summed E-state index contributed by atoms with van der Waals surface area (Å²) in [4.78, 5) is 9.31. The van der Waals surface area contributed by atoms with Crippen LogP contribution in [0.3, 0.4) is 0 Å². The van der Waals surface area contributed by atoms with Gasteiger partial charge in [-0.3, -0.25) is 0 Å². The lowest BCUT2D eigenvalue weighted by molar-refractivity contribution is 0.208. The summed E-state index contributed by atoms with van der Waals surface area (Å²) >= 11 is 0. The minimum Gasteiger partial charge on any atom is -0.493 e. The third-order valence-corrected chi connectivity index (χ3v) is 3.80. The smallest absolute Gasteiger partial charge is 0.162 e. The lowest BCUT2D eigenvalue weighted by atomic mass is 10.1. The van der Waals surface area contributed by atoms with Gasteiger partial charge in [-0.25, -0.2) is 9.97 Å². The van der Waals surface area contributed by atoms with Crippen LogP contribution in [-0.2, 0) is 0 Å². The maximum Gasteiger partial charge on any atom is 0.162 e. The minimum absolute atomic E-state index is 0.384. The zero-order valence-electron chi connectivity index (χ0n) is 14.5. The van der Waals surface area contributed by atoms with Crippen LogP contribution in [0.1, 0.15) is 6.92 Å². The Bertz CT molecular complexity index is 867. The van der Waals surface area contributed by atoms with Gasteiger partial charge in [0.25, 0.3) is 0 Å². The van der Waals surface area contributed by atoms with E-state index in [2.05, 4.69) is 15.3 Å². The number of ether oxygens (including phenoxy) is 2. The highest BCUT2D eigenvalue weighted by atomic mass is 16.5. The van der Waals surface area contributed by atoms with E-state index in [0.717, 1.165) is 16.5 Å². The van der Waals surface area contributed by atoms with Gasteiger partial charge in [0.2, 0.25) is 0 Å². The Labute approximate surface area is 146 Å². The van der Waals surface area contributed by atoms with Crippen molar-refractivity contribution in [2.45, 2.75) is 13.0 Å². The van der Waals surface area contributed by atoms with E-state index < -0.39 is 6.10 Å². The van der Waals surface area contributed by atoms with E-state index in [9.17, 15) is 5.11 Å². The highest BCUT2D eigenvalue weighted by molar-refractivity contribution is 5.93. The van der Waals surface area contributed by atoms with Crippen molar-refractivity contribution < 1.29 is 14.6 Å². The van der Waals surface area contributed by atoms with E-state index in [4.69, 9.17) is 9.47 Å². The van der Waals surface area contributed by atoms with Crippen molar-refractivity contribution in [1.82, 2.24) is 9.97 Å². The summed E-state index contributed by atoms with van der Waals surface area (Å²) in [5.41, 5.74) is 1.65. The van der Waals surface area contributed by atoms with Crippen molar-refractivity contribution in [3.8, 4) is 22.9 Å². The summed E-state index contributed by atoms with van der Waals surface area (Å²) in [5, 5.41) is 13.6. The molecule has 0 spiro atoms. The van der Waals surface area contributed by atoms with Crippen molar-refractivity contribution in [1.29, 1.82) is 0 Å². The van der Waals surface area contributed by atoms with Crippen LogP contribution in [0.15, 0.2) is 42.5 Å². The Kier molecular flexibility index (Phi) is 5.00. The Morgan fingerprint density at radius 3 is 2.36 bits per heavy atom. The number of aromatic nitrogens is 2. The number of nitrogens with one attached hydrogen (secondary N) is 1. The van der Waals surface area contributed by atoms with Gasteiger partial charge >= 0.3 is 0 Å². The average Bonchev–Trinajstić information content (AvgIpc) is 2.65. The number of nitrogens with zero attached hydrogens (tertiary/aromatic N) is 2. The Hall–Kier alpha value is -2.86. The number of benzene rings is 2. The lowest BCUT2D eigenvalue weighted by Crippen LogP contribution is -2.16. The number of anilines is 1. The molecule has 0 amide bonds. The number of aliphatic hydroxyl groups is 1. The van der Waals surface area contributed by atoms with Crippen LogP contribution in [0, 0.1) is 0 Å². The fraction of sp³-hybridized carbons (Fsp3) is 0.263. The molecule has 0 unspecified atom stereocenters. The van der Waals surface area contributed by atoms with Crippen LogP contribution < -0.4 is 14.8 Å². The molecular weight excluding hydrogens is 318 g/mol. The Balaban J connectivity index is 2.19. The van der Waals surface area contributed by atoms with Gasteiger partial charge in [-0.1, -0.05) is 30.3 Å². The molecule has 0 saturated heterocycles. The predicted molar refractivity (Wildman–Crippen MR) is 98.2 cm³/mol. The summed E-state index contributed by atoms with van der Waals surface area (Å²) in [6, 6.07) is 13.4. The second-order valence-electron chi connectivity index (χ2n) is 5.72. The van der Waals surface area contributed by atoms with Crippen LogP contribution >= 0.6 is 0 Å². The fourth-order valence-corrected chi connectivity index (χ4v) is 2.55. The van der Waals surface area contributed by atoms with E-state index in [0.29, 0.717) is 29.7 Å². The molecular formula is C19H21N3O3. The third kappa shape index (κ3) is 3.64. The average molecular weight is 339 g/mol. The molecule has 1 aromatic heterocycles. The van der Waals surface area contributed by atoms with Crippen LogP contribution in [0.2, 0.25) is 0 Å². The molecule has 0 radical (unpaired) electrons. The number of aliphatic hydroxyl groups excluding tert-OH is 1. The maximum atomic E-state index is 9.60. The molecule has 3 rings (SSSR count). The van der Waals surface area contributed by atoms with E-state index in [1.165, 1.54) is 0 Å². The molecule has 0 aliphatic carbocycles. The van der Waals surface area contributed by atoms with Gasteiger partial charge in [0.15, 0.2) is 17.3 Å². The van der Waals surface area contributed by atoms with E-state index in [-0.39, 0.29) is 0 Å². The highest BCUT2D eigenvalue weighted by Crippen LogP contribution is 2.35. The standard InChI is InChI=1S/C19H21N3O3/c1-12(23)11-20-19-14-9-16(24-2)17(25-3)10-15(14)21-18(22-19)13-7-5-4-6-8-13/h4-10,12,23H,11H2,1-3H3,(H,20,21,22)/t12-/m1/s1. The summed E-state index contributed by atoms with van der Waals surface area (Å²) in [7, 11) is 3.18. The summed E-state index contributed by atoms with van der Waals surface area (Å²) < 4.78 is 10.8. The van der Waals surface area contributed by atoms with Gasteiger partial charge in [0, 0.05) is 23.6 Å². The van der Waals surface area contributed by atoms with Gasteiger partial charge in [-0.2, -0.15) is 0 Å². The third-order valence-electron chi connectivity index (χ3n) is 3.80. The number of methoxy groups -OCH3 is 2. The molecule has 1 atom stereocenters. The molecule has 0 aliphatic heterocycles. The molecule has 0 bridgehead atoms. The number of hydrogen-bond donors (Lipinski definition) is 2. The second-order valence-corrected chi connectivity index (χ2v) is 5.72. The Morgan fingerprint density at radius 1 is 1.04 bits per heavy atom. The summed E-state index contributed by atoms with van der Waals surface area (Å²) in [6.45, 7) is 2.10. The van der Waals surface area contributed by atoms with Crippen LogP contribution in [0.25, 0.3) is 22.3 Å². The first kappa shape index (κ1) is 17.0. The van der Waals surface area contributed by atoms with E-state index >= 15 is 0 Å². The van der Waals surface area contributed by atoms with Crippen molar-refractivity contribution in [3.05, 3.63) is 42.5 Å². The van der Waals surface area contributed by atoms with Gasteiger partial charge < -0.3 is 19.9 Å². The van der Waals surface area contributed by atoms with Crippen molar-refractivity contribution in [3.63, 3.8) is 0 Å². The molecule has 2 N–H and O–H groups in total. The van der Waals surface area contributed by atoms with Gasteiger partial charge in [-0.05, 0) is 13.0 Å². The topological polar surface area (TPSA) is 76.5 Å². The summed E-state index contributed by atoms with van der Waals surface area (Å²) in [6.07, 6.45) is -0.495. The monoisotopic (exact) mass is 339 g/mol. The van der Waals surface area contributed by atoms with Gasteiger partial charge in [0.1, 0.15) is 5.82 Å². The van der Waals surface area contributed by atoms with E-state index in [1.807, 2.05) is 42.5 Å². The maximum absolute atomic E-state index is 9.60. The van der Waals surface area contributed by atoms with Crippen LogP contribution in [-0.4, -0.2) is 41.9 Å². The number of fused-ring (bicyclic) bond motifs is 1. The molecule has 1 heterocycles. The summed E-state index contributed by atoms with van der Waals surface area (Å²) in [5.74, 6) is 2.46. The molecule has 25 heavy (non-hydrogen) atoms. The van der Waals surface area contributed by atoms with Crippen molar-refractivity contribution >= 4 is 16.7 Å². The van der Waals surface area contributed by atoms with Crippen LogP contribution in [0.5, 0.6) is 11.5 Å². The number of rotatable bonds is 6. The molecule has 2 aromatic carbocycles. The molecule has 3 aromatic rings. The molecule has 6 heteroatoms. The molecule has 0 fully saturated rings. The fourth-order valence-electron chi connectivity index (χ4n) is 2.55. The largest absolute Gasteiger partial charge is 0.493 e. The Morgan fingerprint density at radius 2 is 1.72 bits per heavy atom. The highest BCUT2D eigenvalue weighted by Gasteiger charge is 2.14. The minimum atomic E-state index is -0.495. The van der Waals surface area contributed by atoms with Gasteiger partial charge in [-0.15, -0.1) is 0 Å². The zero-order valence-corrected chi connectivity index (χ0v) is 14.5. The molecule has 0 saturated carbocycles. The molecule has 0 aliphatic rings. The number of hydrogen-bond acceptors (Lipinski definition) is 6. The lowest BCUT2D eigenvalue weighted by Gasteiger charge is -2.14. The first-order chi connectivity index (χ1) is 12.1. The van der Waals surface area contributed by atoms with Crippen molar-refractivity contribution in [2.75, 3.05) is 26.1 Å². The molecule has 130 valence electrons. The van der Waals surface area contributed by atoms with E-state index in [1.54, 1.807) is 21.1 Å². The SMILES string of the molecule is COc1cc2nc(-c3ccccc3)nc(NC[C@@H](C)O)c2cc1OC. The first-order valence-electron chi connectivity index (χ1n) is 8.03.